The Labute approximate surface area is 368 Å². The fourth-order valence-corrected chi connectivity index (χ4v) is 9.62. The summed E-state index contributed by atoms with van der Waals surface area (Å²) in [7, 11) is 0. The van der Waals surface area contributed by atoms with Crippen molar-refractivity contribution in [3.63, 3.8) is 0 Å². The van der Waals surface area contributed by atoms with Gasteiger partial charge in [-0.2, -0.15) is 0 Å². The molecule has 3 aliphatic rings. The summed E-state index contributed by atoms with van der Waals surface area (Å²) < 4.78 is 2.36. The number of hydrogen-bond acceptors (Lipinski definition) is 2. The highest BCUT2D eigenvalue weighted by atomic mass is 15.0. The first-order valence-corrected chi connectivity index (χ1v) is 21.9. The molecule has 3 heteroatoms. The van der Waals surface area contributed by atoms with Crippen molar-refractivity contribution in [3.8, 4) is 50.3 Å². The zero-order chi connectivity index (χ0) is 42.1. The summed E-state index contributed by atoms with van der Waals surface area (Å²) >= 11 is 0. The molecule has 2 aromatic heterocycles. The highest BCUT2D eigenvalue weighted by molar-refractivity contribution is 5.84. The van der Waals surface area contributed by atoms with Crippen LogP contribution in [0.2, 0.25) is 0 Å². The molecule has 0 saturated heterocycles. The average Bonchev–Trinajstić information content (AvgIpc) is 3.68. The average molecular weight is 808 g/mol. The van der Waals surface area contributed by atoms with Crippen LogP contribution >= 0.6 is 0 Å². The second-order valence-electron chi connectivity index (χ2n) is 16.4. The van der Waals surface area contributed by atoms with E-state index in [1.807, 2.05) is 6.20 Å². The van der Waals surface area contributed by atoms with E-state index < -0.39 is 0 Å². The molecule has 2 unspecified atom stereocenters. The van der Waals surface area contributed by atoms with E-state index in [-0.39, 0.29) is 11.8 Å². The van der Waals surface area contributed by atoms with Gasteiger partial charge in [0.25, 0.3) is 0 Å². The Balaban J connectivity index is 0.857. The number of benzene rings is 6. The molecular formula is C60H45N3. The van der Waals surface area contributed by atoms with Gasteiger partial charge in [0.15, 0.2) is 0 Å². The van der Waals surface area contributed by atoms with Crippen molar-refractivity contribution in [2.45, 2.75) is 13.3 Å². The van der Waals surface area contributed by atoms with Crippen molar-refractivity contribution in [3.05, 3.63) is 245 Å². The molecule has 0 radical (unpaired) electrons. The molecule has 2 atom stereocenters. The van der Waals surface area contributed by atoms with Gasteiger partial charge in [-0.15, -0.1) is 0 Å². The maximum Gasteiger partial charge on any atom is 0.0935 e. The predicted molar refractivity (Wildman–Crippen MR) is 263 cm³/mol. The number of hydrogen-bond donors (Lipinski definition) is 0. The lowest BCUT2D eigenvalue weighted by Gasteiger charge is -2.30. The van der Waals surface area contributed by atoms with Gasteiger partial charge in [-0.25, -0.2) is 4.98 Å². The van der Waals surface area contributed by atoms with Gasteiger partial charge in [-0.3, -0.25) is 4.98 Å². The Bertz CT molecular complexity index is 3500. The molecule has 6 aromatic carbocycles. The van der Waals surface area contributed by atoms with Gasteiger partial charge in [-0.1, -0.05) is 182 Å². The summed E-state index contributed by atoms with van der Waals surface area (Å²) in [6.45, 7) is 2.13. The lowest BCUT2D eigenvalue weighted by atomic mass is 9.74. The summed E-state index contributed by atoms with van der Waals surface area (Å²) in [4.78, 5) is 10.3. The van der Waals surface area contributed by atoms with Crippen molar-refractivity contribution in [1.29, 1.82) is 0 Å². The van der Waals surface area contributed by atoms with Gasteiger partial charge in [0.1, 0.15) is 0 Å². The lowest BCUT2D eigenvalue weighted by molar-refractivity contribution is 0.685. The number of allylic oxidation sites excluding steroid dienone is 10. The molecule has 0 saturated carbocycles. The second-order valence-corrected chi connectivity index (χ2v) is 16.4. The largest absolute Gasteiger partial charge is 0.309 e. The fourth-order valence-electron chi connectivity index (χ4n) is 9.62. The third-order valence-corrected chi connectivity index (χ3v) is 12.6. The zero-order valence-corrected chi connectivity index (χ0v) is 35.1. The summed E-state index contributed by atoms with van der Waals surface area (Å²) in [5.74, 6) is 0.559. The van der Waals surface area contributed by atoms with Gasteiger partial charge in [0, 0.05) is 33.7 Å². The van der Waals surface area contributed by atoms with Gasteiger partial charge in [0.05, 0.1) is 33.5 Å². The Morgan fingerprint density at radius 1 is 0.556 bits per heavy atom. The molecule has 0 spiro atoms. The van der Waals surface area contributed by atoms with E-state index in [2.05, 4.69) is 236 Å². The first kappa shape index (κ1) is 38.1. The topological polar surface area (TPSA) is 30.7 Å². The van der Waals surface area contributed by atoms with E-state index >= 15 is 0 Å². The Morgan fingerprint density at radius 2 is 1.13 bits per heavy atom. The number of para-hydroxylation sites is 2. The van der Waals surface area contributed by atoms with Crippen LogP contribution in [-0.2, 0) is 6.42 Å². The van der Waals surface area contributed by atoms with Crippen LogP contribution in [0.4, 0.5) is 0 Å². The highest BCUT2D eigenvalue weighted by Gasteiger charge is 2.30. The summed E-state index contributed by atoms with van der Waals surface area (Å²) in [5, 5.41) is 5.67. The van der Waals surface area contributed by atoms with Crippen LogP contribution < -0.4 is 21.3 Å². The molecule has 63 heavy (non-hydrogen) atoms. The van der Waals surface area contributed by atoms with Crippen LogP contribution in [0.25, 0.3) is 84.5 Å². The minimum absolute atomic E-state index is 0.270. The van der Waals surface area contributed by atoms with Crippen molar-refractivity contribution in [1.82, 2.24) is 14.5 Å². The van der Waals surface area contributed by atoms with E-state index in [1.165, 1.54) is 60.4 Å². The van der Waals surface area contributed by atoms with E-state index in [0.717, 1.165) is 45.2 Å². The molecule has 300 valence electrons. The summed E-state index contributed by atoms with van der Waals surface area (Å²) in [5.41, 5.74) is 15.2. The van der Waals surface area contributed by atoms with Crippen molar-refractivity contribution >= 4 is 34.2 Å². The number of rotatable bonds is 8. The maximum absolute atomic E-state index is 5.29. The van der Waals surface area contributed by atoms with E-state index in [4.69, 9.17) is 9.97 Å². The first-order valence-electron chi connectivity index (χ1n) is 21.9. The third kappa shape index (κ3) is 7.18. The van der Waals surface area contributed by atoms with Gasteiger partial charge >= 0.3 is 0 Å². The number of nitrogens with zero attached hydrogens (tertiary/aromatic N) is 3. The Kier molecular flexibility index (Phi) is 9.99. The molecule has 8 aromatic rings. The predicted octanol–water partition coefficient (Wildman–Crippen LogP) is 11.3. The quantitative estimate of drug-likeness (QED) is 0.153. The number of fused-ring (bicyclic) bond motifs is 5. The monoisotopic (exact) mass is 807 g/mol. The van der Waals surface area contributed by atoms with Crippen LogP contribution in [0.15, 0.2) is 219 Å². The van der Waals surface area contributed by atoms with E-state index in [9.17, 15) is 0 Å². The molecule has 3 aliphatic carbocycles. The van der Waals surface area contributed by atoms with Crippen LogP contribution in [0.3, 0.4) is 0 Å². The van der Waals surface area contributed by atoms with Gasteiger partial charge in [0.2, 0.25) is 0 Å². The zero-order valence-electron chi connectivity index (χ0n) is 35.1. The lowest BCUT2D eigenvalue weighted by Crippen LogP contribution is -2.43. The van der Waals surface area contributed by atoms with Gasteiger partial charge in [-0.05, 0) is 106 Å². The smallest absolute Gasteiger partial charge is 0.0935 e. The summed E-state index contributed by atoms with van der Waals surface area (Å²) in [6, 6.07) is 54.7. The van der Waals surface area contributed by atoms with Crippen LogP contribution in [0.1, 0.15) is 12.5 Å². The van der Waals surface area contributed by atoms with E-state index in [1.54, 1.807) is 0 Å². The highest BCUT2D eigenvalue weighted by Crippen LogP contribution is 2.37. The summed E-state index contributed by atoms with van der Waals surface area (Å²) in [6.07, 6.45) is 29.3. The minimum Gasteiger partial charge on any atom is -0.309 e. The van der Waals surface area contributed by atoms with Crippen molar-refractivity contribution in [2.24, 2.45) is 11.8 Å². The fraction of sp³-hybridized carbons (Fsp3) is 0.0667. The molecule has 0 bridgehead atoms. The Hall–Kier alpha value is -7.88. The maximum atomic E-state index is 5.29. The number of aromatic nitrogens is 3. The van der Waals surface area contributed by atoms with Crippen LogP contribution in [-0.4, -0.2) is 14.5 Å². The molecule has 0 N–H and O–H groups in total. The standard InChI is InChI=1S/C60H45N3/c1-2-50-53-31-11-13-35-58(53)63(49-27-4-3-5-28-49)57(50)34-12-6-18-41-19-14-20-42(36-41)43-21-15-22-44(37-43)45-23-16-24-46(38-45)47-25-17-26-48(39-47)56-40-61-59-54-32-9-7-29-51(54)52-30-8-10-33-55(52)60(59)62-56/h2-17,19-40,51-52H,18H2,1H3/b12-6-,50-2-,57-34+. The normalized spacial score (nSPS) is 16.8. The van der Waals surface area contributed by atoms with Crippen molar-refractivity contribution in [2.75, 3.05) is 0 Å². The second kappa shape index (κ2) is 16.5. The molecule has 3 nitrogen and oxygen atoms in total. The third-order valence-electron chi connectivity index (χ3n) is 12.6. The molecule has 11 rings (SSSR count). The van der Waals surface area contributed by atoms with Gasteiger partial charge < -0.3 is 4.57 Å². The van der Waals surface area contributed by atoms with Crippen LogP contribution in [0.5, 0.6) is 0 Å². The molecule has 2 heterocycles. The van der Waals surface area contributed by atoms with Crippen molar-refractivity contribution < 1.29 is 0 Å². The minimum atomic E-state index is 0.270. The molecule has 0 fully saturated rings. The van der Waals surface area contributed by atoms with E-state index in [0.29, 0.717) is 0 Å². The molecular weight excluding hydrogens is 763 g/mol. The Morgan fingerprint density at radius 3 is 1.79 bits per heavy atom. The first-order chi connectivity index (χ1) is 31.2. The van der Waals surface area contributed by atoms with Crippen LogP contribution in [0, 0.1) is 11.8 Å². The molecule has 0 aliphatic heterocycles. The molecule has 0 amide bonds. The SMILES string of the molecule is C\C=c1/c(=C\C=C/Cc2cccc(-c3cccc(-c4cccc(-c5cccc(-c6cnc7c(n6)=C6C=CC=CC6C6C=CC=CC=76)c5)c4)c3)c2)n(-c2ccccc2)c2ccccc12.